The van der Waals surface area contributed by atoms with E-state index in [2.05, 4.69) is 21.2 Å². The van der Waals surface area contributed by atoms with Crippen molar-refractivity contribution in [3.05, 3.63) is 58.1 Å². The van der Waals surface area contributed by atoms with E-state index in [0.717, 1.165) is 15.7 Å². The lowest BCUT2D eigenvalue weighted by atomic mass is 10.2. The van der Waals surface area contributed by atoms with E-state index in [4.69, 9.17) is 5.14 Å². The maximum atomic E-state index is 11.5. The molecule has 6 heteroatoms. The van der Waals surface area contributed by atoms with E-state index < -0.39 is 10.0 Å². The van der Waals surface area contributed by atoms with Gasteiger partial charge in [-0.2, -0.15) is 0 Å². The molecule has 0 saturated heterocycles. The van der Waals surface area contributed by atoms with Gasteiger partial charge < -0.3 is 5.32 Å². The fourth-order valence-corrected chi connectivity index (χ4v) is 3.09. The summed E-state index contributed by atoms with van der Waals surface area (Å²) < 4.78 is 24.0. The zero-order valence-corrected chi connectivity index (χ0v) is 13.3. The topological polar surface area (TPSA) is 72.2 Å². The van der Waals surface area contributed by atoms with Crippen LogP contribution in [0.2, 0.25) is 0 Å². The molecule has 4 nitrogen and oxygen atoms in total. The third-order valence-electron chi connectivity index (χ3n) is 2.94. The first kappa shape index (κ1) is 15.0. The molecule has 0 radical (unpaired) electrons. The van der Waals surface area contributed by atoms with Crippen molar-refractivity contribution in [3.63, 3.8) is 0 Å². The van der Waals surface area contributed by atoms with E-state index in [1.54, 1.807) is 19.1 Å². The number of hydrogen-bond donors (Lipinski definition) is 2. The van der Waals surface area contributed by atoms with Crippen LogP contribution < -0.4 is 10.5 Å². The van der Waals surface area contributed by atoms with Crippen molar-refractivity contribution in [3.8, 4) is 0 Å². The standard InChI is InChI=1S/C14H15BrN2O2S/c1-10-6-7-12(8-14(10)20(16,18)19)17-9-11-4-2-3-5-13(11)15/h2-8,17H,9H2,1H3,(H2,16,18,19). The number of benzene rings is 2. The summed E-state index contributed by atoms with van der Waals surface area (Å²) >= 11 is 3.47. The van der Waals surface area contributed by atoms with Gasteiger partial charge >= 0.3 is 0 Å². The number of halogens is 1. The Labute approximate surface area is 127 Å². The van der Waals surface area contributed by atoms with Gasteiger partial charge in [-0.25, -0.2) is 13.6 Å². The maximum absolute atomic E-state index is 11.5. The van der Waals surface area contributed by atoms with Crippen molar-refractivity contribution < 1.29 is 8.42 Å². The average Bonchev–Trinajstić information content (AvgIpc) is 2.38. The van der Waals surface area contributed by atoms with Crippen molar-refractivity contribution in [2.24, 2.45) is 5.14 Å². The van der Waals surface area contributed by atoms with Gasteiger partial charge in [0.1, 0.15) is 0 Å². The highest BCUT2D eigenvalue weighted by molar-refractivity contribution is 9.10. The Morgan fingerprint density at radius 2 is 1.90 bits per heavy atom. The van der Waals surface area contributed by atoms with Crippen LogP contribution in [0.3, 0.4) is 0 Å². The van der Waals surface area contributed by atoms with Crippen molar-refractivity contribution >= 4 is 31.6 Å². The van der Waals surface area contributed by atoms with Gasteiger partial charge in [0.15, 0.2) is 0 Å². The summed E-state index contributed by atoms with van der Waals surface area (Å²) in [4.78, 5) is 0.148. The molecule has 0 aromatic heterocycles. The summed E-state index contributed by atoms with van der Waals surface area (Å²) in [6.45, 7) is 2.31. The summed E-state index contributed by atoms with van der Waals surface area (Å²) in [5, 5.41) is 8.39. The average molecular weight is 355 g/mol. The summed E-state index contributed by atoms with van der Waals surface area (Å²) in [5.41, 5.74) is 2.44. The quantitative estimate of drug-likeness (QED) is 0.886. The van der Waals surface area contributed by atoms with Crippen LogP contribution in [0.15, 0.2) is 51.8 Å². The molecule has 0 unspecified atom stereocenters. The smallest absolute Gasteiger partial charge is 0.238 e. The van der Waals surface area contributed by atoms with Gasteiger partial charge in [-0.3, -0.25) is 0 Å². The fourth-order valence-electron chi connectivity index (χ4n) is 1.86. The molecule has 0 atom stereocenters. The molecule has 0 aliphatic carbocycles. The molecule has 0 aliphatic rings. The molecule has 106 valence electrons. The number of sulfonamides is 1. The van der Waals surface area contributed by atoms with Gasteiger partial charge in [0, 0.05) is 16.7 Å². The molecule has 2 aromatic rings. The second-order valence-electron chi connectivity index (χ2n) is 4.47. The molecule has 0 aliphatic heterocycles. The second-order valence-corrected chi connectivity index (χ2v) is 6.85. The van der Waals surface area contributed by atoms with E-state index in [-0.39, 0.29) is 4.90 Å². The summed E-state index contributed by atoms with van der Waals surface area (Å²) in [6.07, 6.45) is 0. The predicted molar refractivity (Wildman–Crippen MR) is 84.0 cm³/mol. The molecule has 3 N–H and O–H groups in total. The Morgan fingerprint density at radius 3 is 2.55 bits per heavy atom. The highest BCUT2D eigenvalue weighted by atomic mass is 79.9. The second kappa shape index (κ2) is 5.95. The lowest BCUT2D eigenvalue weighted by Crippen LogP contribution is -2.14. The van der Waals surface area contributed by atoms with Gasteiger partial charge in [-0.15, -0.1) is 0 Å². The Balaban J connectivity index is 2.21. The number of aryl methyl sites for hydroxylation is 1. The Morgan fingerprint density at radius 1 is 1.20 bits per heavy atom. The van der Waals surface area contributed by atoms with Crippen LogP contribution >= 0.6 is 15.9 Å². The van der Waals surface area contributed by atoms with Crippen LogP contribution in [0, 0.1) is 6.92 Å². The molecule has 0 saturated carbocycles. The lowest BCUT2D eigenvalue weighted by Gasteiger charge is -2.10. The van der Waals surface area contributed by atoms with Crippen LogP contribution in [0.1, 0.15) is 11.1 Å². The van der Waals surface area contributed by atoms with E-state index in [1.165, 1.54) is 0 Å². The van der Waals surface area contributed by atoms with Crippen molar-refractivity contribution in [1.82, 2.24) is 0 Å². The van der Waals surface area contributed by atoms with Crippen molar-refractivity contribution in [1.29, 1.82) is 0 Å². The number of anilines is 1. The number of hydrogen-bond acceptors (Lipinski definition) is 3. The summed E-state index contributed by atoms with van der Waals surface area (Å²) in [6, 6.07) is 13.0. The van der Waals surface area contributed by atoms with Gasteiger partial charge in [0.05, 0.1) is 4.90 Å². The van der Waals surface area contributed by atoms with Gasteiger partial charge in [-0.1, -0.05) is 40.2 Å². The van der Waals surface area contributed by atoms with Crippen molar-refractivity contribution in [2.45, 2.75) is 18.4 Å². The normalized spacial score (nSPS) is 11.3. The maximum Gasteiger partial charge on any atom is 0.238 e. The monoisotopic (exact) mass is 354 g/mol. The van der Waals surface area contributed by atoms with Crippen LogP contribution in [0.25, 0.3) is 0 Å². The first-order valence-electron chi connectivity index (χ1n) is 5.98. The zero-order chi connectivity index (χ0) is 14.8. The molecule has 0 amide bonds. The SMILES string of the molecule is Cc1ccc(NCc2ccccc2Br)cc1S(N)(=O)=O. The van der Waals surface area contributed by atoms with Gasteiger partial charge in [0.2, 0.25) is 10.0 Å². The minimum absolute atomic E-state index is 0.148. The van der Waals surface area contributed by atoms with E-state index in [1.807, 2.05) is 30.3 Å². The molecule has 2 rings (SSSR count). The summed E-state index contributed by atoms with van der Waals surface area (Å²) in [7, 11) is -3.70. The van der Waals surface area contributed by atoms with E-state index in [9.17, 15) is 8.42 Å². The molecule has 2 aromatic carbocycles. The Bertz CT molecular complexity index is 730. The highest BCUT2D eigenvalue weighted by Gasteiger charge is 2.12. The van der Waals surface area contributed by atoms with Crippen LogP contribution in [-0.4, -0.2) is 8.42 Å². The molecular formula is C14H15BrN2O2S. The summed E-state index contributed by atoms with van der Waals surface area (Å²) in [5.74, 6) is 0. The van der Waals surface area contributed by atoms with E-state index in [0.29, 0.717) is 12.1 Å². The largest absolute Gasteiger partial charge is 0.381 e. The van der Waals surface area contributed by atoms with Crippen LogP contribution in [0.4, 0.5) is 5.69 Å². The number of nitrogens with one attached hydrogen (secondary N) is 1. The third kappa shape index (κ3) is 3.59. The van der Waals surface area contributed by atoms with Crippen LogP contribution in [-0.2, 0) is 16.6 Å². The van der Waals surface area contributed by atoms with Crippen LogP contribution in [0.5, 0.6) is 0 Å². The Hall–Kier alpha value is -1.37. The molecule has 0 bridgehead atoms. The first-order chi connectivity index (χ1) is 9.38. The Kier molecular flexibility index (Phi) is 4.47. The van der Waals surface area contributed by atoms with E-state index >= 15 is 0 Å². The molecule has 0 fully saturated rings. The third-order valence-corrected chi connectivity index (χ3v) is 4.76. The molecule has 0 heterocycles. The molecule has 20 heavy (non-hydrogen) atoms. The van der Waals surface area contributed by atoms with Gasteiger partial charge in [-0.05, 0) is 36.2 Å². The highest BCUT2D eigenvalue weighted by Crippen LogP contribution is 2.21. The lowest BCUT2D eigenvalue weighted by molar-refractivity contribution is 0.597. The zero-order valence-electron chi connectivity index (χ0n) is 10.9. The number of primary sulfonamides is 1. The first-order valence-corrected chi connectivity index (χ1v) is 8.32. The minimum Gasteiger partial charge on any atom is -0.381 e. The fraction of sp³-hybridized carbons (Fsp3) is 0.143. The molecule has 0 spiro atoms. The minimum atomic E-state index is -3.70. The van der Waals surface area contributed by atoms with Crippen molar-refractivity contribution in [2.75, 3.05) is 5.32 Å². The predicted octanol–water partition coefficient (Wildman–Crippen LogP) is 3.02. The number of rotatable bonds is 4. The molecular weight excluding hydrogens is 340 g/mol. The van der Waals surface area contributed by atoms with Gasteiger partial charge in [0.25, 0.3) is 0 Å². The number of nitrogens with two attached hydrogens (primary N) is 1.